The van der Waals surface area contributed by atoms with Gasteiger partial charge in [0.25, 0.3) is 0 Å². The third-order valence-corrected chi connectivity index (χ3v) is 8.62. The zero-order valence-electron chi connectivity index (χ0n) is 44.3. The van der Waals surface area contributed by atoms with Crippen LogP contribution in [-0.2, 0) is 0 Å². The number of fused-ring (bicyclic) bond motifs is 6. The number of hydrogen-bond acceptors (Lipinski definition) is 1. The molecule has 1 heterocycles. The third kappa shape index (κ3) is 4.47. The predicted octanol–water partition coefficient (Wildman–Crippen LogP) is 13.7. The van der Waals surface area contributed by atoms with Crippen LogP contribution in [0.15, 0.2) is 186 Å². The summed E-state index contributed by atoms with van der Waals surface area (Å²) in [5.41, 5.74) is 0.478. The Morgan fingerprint density at radius 2 is 1.00 bits per heavy atom. The maximum absolute atomic E-state index is 9.77. The molecule has 0 atom stereocenters. The van der Waals surface area contributed by atoms with Crippen LogP contribution >= 0.6 is 0 Å². The summed E-state index contributed by atoms with van der Waals surface area (Å²) >= 11 is 0. The molecule has 1 nitrogen and oxygen atoms in total. The second kappa shape index (κ2) is 11.1. The molecule has 0 fully saturated rings. The Morgan fingerprint density at radius 3 is 1.69 bits per heavy atom. The SMILES string of the molecule is [2H]c1c([2H])c([2H])c(-c2c3c([2H])c([2H])c([2H])c([2H])c3c(-c3c([2H])c([2H])c4c([2H])c(-c5cccc6oc7cc(-c8ccccc8)ccc7c56)c([2H])c([2H])c4c3[2H])c3c([2H])c([2H])c([2H])c([2H])c23)c([2H])c1[2H]. The summed E-state index contributed by atoms with van der Waals surface area (Å²) in [6.07, 6.45) is 0. The second-order valence-corrected chi connectivity index (χ2v) is 11.4. The van der Waals surface area contributed by atoms with E-state index in [1.165, 1.54) is 0 Å². The van der Waals surface area contributed by atoms with E-state index in [1.807, 2.05) is 48.5 Å². The molecule has 0 radical (unpaired) electrons. The number of rotatable bonds is 4. The zero-order valence-corrected chi connectivity index (χ0v) is 25.3. The van der Waals surface area contributed by atoms with Crippen LogP contribution in [0.5, 0.6) is 0 Å². The average molecular weight is 642 g/mol. The van der Waals surface area contributed by atoms with Gasteiger partial charge in [-0.3, -0.25) is 0 Å². The first-order valence-electron chi connectivity index (χ1n) is 24.8. The summed E-state index contributed by atoms with van der Waals surface area (Å²) in [5, 5.41) is -2.04. The Kier molecular flexibility index (Phi) is 3.34. The molecule has 10 aromatic rings. The topological polar surface area (TPSA) is 13.1 Å². The van der Waals surface area contributed by atoms with Crippen LogP contribution in [0.3, 0.4) is 0 Å². The van der Waals surface area contributed by atoms with Crippen LogP contribution in [0, 0.1) is 0 Å². The fraction of sp³-hybridized carbons (Fsp3) is 0. The average Bonchev–Trinajstić information content (AvgIpc) is 3.71. The molecule has 0 amide bonds. The lowest BCUT2D eigenvalue weighted by Crippen LogP contribution is -1.90. The van der Waals surface area contributed by atoms with E-state index in [4.69, 9.17) is 16.8 Å². The van der Waals surface area contributed by atoms with Crippen molar-refractivity contribution in [3.8, 4) is 44.5 Å². The van der Waals surface area contributed by atoms with Crippen LogP contribution in [0.1, 0.15) is 26.0 Å². The second-order valence-electron chi connectivity index (χ2n) is 11.4. The molecule has 0 bridgehead atoms. The van der Waals surface area contributed by atoms with Gasteiger partial charge in [-0.15, -0.1) is 0 Å². The Labute approximate surface area is 311 Å². The standard InChI is InChI=1S/C48H30O/c1-3-12-31(13-4-1)35-26-27-43-45(30-35)49-44-21-11-20-38(48(43)44)36-24-22-34-29-37(25-23-33(34)28-36)47-41-18-9-7-16-39(41)46(32-14-5-2-6-15-32)40-17-8-10-19-42(40)47/h1-30H/i2D,5D,6D,7D,8D,9D,10D,14D,15D,16D,17D,18D,19D,22D,23D,24D,25D,28D,29D. The highest BCUT2D eigenvalue weighted by Gasteiger charge is 2.17. The van der Waals surface area contributed by atoms with Gasteiger partial charge in [0.05, 0.1) is 26.0 Å². The van der Waals surface area contributed by atoms with Gasteiger partial charge >= 0.3 is 0 Å². The summed E-state index contributed by atoms with van der Waals surface area (Å²) in [4.78, 5) is 0. The summed E-state index contributed by atoms with van der Waals surface area (Å²) in [6, 6.07) is 5.05. The van der Waals surface area contributed by atoms with Crippen molar-refractivity contribution in [1.29, 1.82) is 0 Å². The highest BCUT2D eigenvalue weighted by atomic mass is 16.3. The van der Waals surface area contributed by atoms with Crippen LogP contribution in [0.2, 0.25) is 0 Å². The fourth-order valence-corrected chi connectivity index (χ4v) is 6.48. The molecule has 49 heavy (non-hydrogen) atoms. The van der Waals surface area contributed by atoms with Crippen molar-refractivity contribution in [3.05, 3.63) is 182 Å². The van der Waals surface area contributed by atoms with Gasteiger partial charge in [0, 0.05) is 10.8 Å². The van der Waals surface area contributed by atoms with Crippen LogP contribution in [0.4, 0.5) is 0 Å². The van der Waals surface area contributed by atoms with Crippen molar-refractivity contribution in [1.82, 2.24) is 0 Å². The number of benzene rings is 9. The van der Waals surface area contributed by atoms with Gasteiger partial charge in [-0.25, -0.2) is 0 Å². The van der Waals surface area contributed by atoms with Crippen molar-refractivity contribution in [2.45, 2.75) is 0 Å². The molecule has 0 saturated carbocycles. The Balaban J connectivity index is 1.36. The van der Waals surface area contributed by atoms with Gasteiger partial charge in [0.2, 0.25) is 0 Å². The molecule has 0 aliphatic carbocycles. The molecule has 0 N–H and O–H groups in total. The number of hydrogen-bond donors (Lipinski definition) is 0. The monoisotopic (exact) mass is 641 g/mol. The van der Waals surface area contributed by atoms with E-state index < -0.39 is 164 Å². The predicted molar refractivity (Wildman–Crippen MR) is 208 cm³/mol. The summed E-state index contributed by atoms with van der Waals surface area (Å²) in [6.45, 7) is 0. The minimum Gasteiger partial charge on any atom is -0.456 e. The lowest BCUT2D eigenvalue weighted by molar-refractivity contribution is 0.669. The van der Waals surface area contributed by atoms with Crippen molar-refractivity contribution < 1.29 is 30.5 Å². The molecule has 9 aromatic carbocycles. The molecule has 0 aliphatic rings. The summed E-state index contributed by atoms with van der Waals surface area (Å²) in [7, 11) is 0. The fourth-order valence-electron chi connectivity index (χ4n) is 6.48. The van der Waals surface area contributed by atoms with Crippen LogP contribution < -0.4 is 0 Å². The first kappa shape index (κ1) is 14.8. The van der Waals surface area contributed by atoms with Crippen molar-refractivity contribution in [2.24, 2.45) is 0 Å². The Morgan fingerprint density at radius 1 is 0.388 bits per heavy atom. The molecule has 0 saturated heterocycles. The molecule has 228 valence electrons. The minimum absolute atomic E-state index is 0.106. The van der Waals surface area contributed by atoms with Crippen LogP contribution in [0.25, 0.3) is 98.8 Å². The van der Waals surface area contributed by atoms with Gasteiger partial charge in [0.15, 0.2) is 0 Å². The smallest absolute Gasteiger partial charge is 0.136 e. The van der Waals surface area contributed by atoms with Gasteiger partial charge in [-0.2, -0.15) is 0 Å². The summed E-state index contributed by atoms with van der Waals surface area (Å²) < 4.78 is 179. The Hall–Kier alpha value is -6.44. The van der Waals surface area contributed by atoms with E-state index in [0.717, 1.165) is 11.1 Å². The molecule has 10 rings (SSSR count). The van der Waals surface area contributed by atoms with Gasteiger partial charge in [0.1, 0.15) is 11.2 Å². The first-order chi connectivity index (χ1) is 32.2. The largest absolute Gasteiger partial charge is 0.456 e. The highest BCUT2D eigenvalue weighted by molar-refractivity contribution is 6.22. The maximum Gasteiger partial charge on any atom is 0.136 e. The lowest BCUT2D eigenvalue weighted by Gasteiger charge is -2.18. The third-order valence-electron chi connectivity index (χ3n) is 8.62. The molecule has 0 unspecified atom stereocenters. The quantitative estimate of drug-likeness (QED) is 0.174. The first-order valence-corrected chi connectivity index (χ1v) is 15.3. The van der Waals surface area contributed by atoms with Gasteiger partial charge in [-0.05, 0) is 107 Å². The van der Waals surface area contributed by atoms with Gasteiger partial charge < -0.3 is 4.42 Å². The normalized spacial score (nSPS) is 17.1. The van der Waals surface area contributed by atoms with E-state index >= 15 is 0 Å². The van der Waals surface area contributed by atoms with E-state index in [9.17, 15) is 13.7 Å². The van der Waals surface area contributed by atoms with Crippen molar-refractivity contribution in [2.75, 3.05) is 0 Å². The Bertz CT molecular complexity index is 3850. The zero-order chi connectivity index (χ0) is 48.8. The minimum atomic E-state index is -0.870. The van der Waals surface area contributed by atoms with E-state index in [1.54, 1.807) is 18.2 Å². The molecular formula is C48H30O. The van der Waals surface area contributed by atoms with Gasteiger partial charge in [-0.1, -0.05) is 151 Å². The van der Waals surface area contributed by atoms with E-state index in [2.05, 4.69) is 0 Å². The van der Waals surface area contributed by atoms with E-state index in [-0.39, 0.29) is 10.9 Å². The van der Waals surface area contributed by atoms with E-state index in [0.29, 0.717) is 27.5 Å². The molecular weight excluding hydrogens is 593 g/mol. The van der Waals surface area contributed by atoms with Crippen molar-refractivity contribution >= 4 is 54.3 Å². The molecule has 1 heteroatoms. The van der Waals surface area contributed by atoms with Crippen LogP contribution in [-0.4, -0.2) is 0 Å². The summed E-state index contributed by atoms with van der Waals surface area (Å²) in [5.74, 6) is 0. The highest BCUT2D eigenvalue weighted by Crippen LogP contribution is 2.44. The maximum atomic E-state index is 9.77. The van der Waals surface area contributed by atoms with Crippen molar-refractivity contribution in [3.63, 3.8) is 0 Å². The number of furan rings is 1. The molecule has 0 spiro atoms. The molecule has 1 aromatic heterocycles. The lowest BCUT2D eigenvalue weighted by atomic mass is 9.85. The molecule has 0 aliphatic heterocycles.